The second-order valence-corrected chi connectivity index (χ2v) is 5.08. The van der Waals surface area contributed by atoms with Crippen molar-refractivity contribution in [1.82, 2.24) is 4.90 Å². The highest BCUT2D eigenvalue weighted by Crippen LogP contribution is 2.22. The van der Waals surface area contributed by atoms with Gasteiger partial charge in [0.1, 0.15) is 11.8 Å². The van der Waals surface area contributed by atoms with Crippen LogP contribution in [-0.4, -0.2) is 37.0 Å². The topological polar surface area (TPSA) is 41.6 Å². The zero-order valence-electron chi connectivity index (χ0n) is 11.9. The van der Waals surface area contributed by atoms with Crippen molar-refractivity contribution in [2.45, 2.75) is 32.7 Å². The van der Waals surface area contributed by atoms with Crippen molar-refractivity contribution < 1.29 is 9.53 Å². The third kappa shape index (κ3) is 3.19. The van der Waals surface area contributed by atoms with Gasteiger partial charge in [-0.15, -0.1) is 0 Å². The molecule has 1 fully saturated rings. The number of anilines is 1. The maximum atomic E-state index is 12.2. The fourth-order valence-corrected chi connectivity index (χ4v) is 2.49. The minimum atomic E-state index is -0.189. The number of methoxy groups -OCH3 is 1. The first-order valence-electron chi connectivity index (χ1n) is 6.82. The van der Waals surface area contributed by atoms with Crippen LogP contribution in [0.4, 0.5) is 5.69 Å². The van der Waals surface area contributed by atoms with Gasteiger partial charge in [0.2, 0.25) is 5.91 Å². The SMILES string of the molecule is COc1ccc(NC(C)C(=O)N2CCCC2)cc1C. The van der Waals surface area contributed by atoms with E-state index in [-0.39, 0.29) is 11.9 Å². The van der Waals surface area contributed by atoms with Crippen molar-refractivity contribution in [3.8, 4) is 5.75 Å². The number of nitrogens with one attached hydrogen (secondary N) is 1. The fraction of sp³-hybridized carbons (Fsp3) is 0.533. The molecule has 1 atom stereocenters. The summed E-state index contributed by atoms with van der Waals surface area (Å²) >= 11 is 0. The lowest BCUT2D eigenvalue weighted by Gasteiger charge is -2.22. The van der Waals surface area contributed by atoms with Crippen molar-refractivity contribution >= 4 is 11.6 Å². The second kappa shape index (κ2) is 5.95. The van der Waals surface area contributed by atoms with Crippen LogP contribution >= 0.6 is 0 Å². The normalized spacial score (nSPS) is 16.3. The largest absolute Gasteiger partial charge is 0.496 e. The molecule has 1 aliphatic heterocycles. The Morgan fingerprint density at radius 3 is 2.63 bits per heavy atom. The first-order chi connectivity index (χ1) is 9.11. The molecule has 4 heteroatoms. The number of rotatable bonds is 4. The molecule has 19 heavy (non-hydrogen) atoms. The summed E-state index contributed by atoms with van der Waals surface area (Å²) in [6.07, 6.45) is 2.25. The van der Waals surface area contributed by atoms with Crippen LogP contribution in [0.1, 0.15) is 25.3 Å². The first-order valence-corrected chi connectivity index (χ1v) is 6.82. The molecule has 1 aromatic rings. The highest BCUT2D eigenvalue weighted by molar-refractivity contribution is 5.84. The minimum absolute atomic E-state index is 0.186. The summed E-state index contributed by atoms with van der Waals surface area (Å²) in [7, 11) is 1.66. The van der Waals surface area contributed by atoms with Crippen LogP contribution in [0.3, 0.4) is 0 Å². The van der Waals surface area contributed by atoms with Crippen LogP contribution in [0.25, 0.3) is 0 Å². The van der Waals surface area contributed by atoms with E-state index in [0.29, 0.717) is 0 Å². The average molecular weight is 262 g/mol. The summed E-state index contributed by atoms with van der Waals surface area (Å²) in [6, 6.07) is 5.68. The number of carbonyl (C=O) groups is 1. The molecule has 1 aromatic carbocycles. The number of benzene rings is 1. The van der Waals surface area contributed by atoms with Crippen molar-refractivity contribution in [2.24, 2.45) is 0 Å². The average Bonchev–Trinajstić information content (AvgIpc) is 2.92. The van der Waals surface area contributed by atoms with Gasteiger partial charge in [-0.2, -0.15) is 0 Å². The minimum Gasteiger partial charge on any atom is -0.496 e. The zero-order chi connectivity index (χ0) is 13.8. The van der Waals surface area contributed by atoms with Crippen LogP contribution in [0.15, 0.2) is 18.2 Å². The Labute approximate surface area is 114 Å². The molecular weight excluding hydrogens is 240 g/mol. The van der Waals surface area contributed by atoms with E-state index in [1.165, 1.54) is 0 Å². The molecule has 0 aliphatic carbocycles. The van der Waals surface area contributed by atoms with E-state index in [9.17, 15) is 4.79 Å². The number of aryl methyl sites for hydroxylation is 1. The van der Waals surface area contributed by atoms with Crippen LogP contribution in [0, 0.1) is 6.92 Å². The van der Waals surface area contributed by atoms with Crippen LogP contribution in [0.2, 0.25) is 0 Å². The molecule has 0 saturated carbocycles. The molecule has 104 valence electrons. The van der Waals surface area contributed by atoms with Gasteiger partial charge in [-0.1, -0.05) is 0 Å². The fourth-order valence-electron chi connectivity index (χ4n) is 2.49. The van der Waals surface area contributed by atoms with Gasteiger partial charge < -0.3 is 15.0 Å². The highest BCUT2D eigenvalue weighted by atomic mass is 16.5. The van der Waals surface area contributed by atoms with Gasteiger partial charge in [0, 0.05) is 18.8 Å². The summed E-state index contributed by atoms with van der Waals surface area (Å²) < 4.78 is 5.23. The Morgan fingerprint density at radius 1 is 1.37 bits per heavy atom. The van der Waals surface area contributed by atoms with Crippen molar-refractivity contribution in [3.05, 3.63) is 23.8 Å². The van der Waals surface area contributed by atoms with Crippen LogP contribution in [0.5, 0.6) is 5.75 Å². The van der Waals surface area contributed by atoms with Crippen LogP contribution < -0.4 is 10.1 Å². The lowest BCUT2D eigenvalue weighted by Crippen LogP contribution is -2.39. The van der Waals surface area contributed by atoms with E-state index >= 15 is 0 Å². The van der Waals surface area contributed by atoms with Gasteiger partial charge in [0.05, 0.1) is 7.11 Å². The monoisotopic (exact) mass is 262 g/mol. The number of likely N-dealkylation sites (tertiary alicyclic amines) is 1. The lowest BCUT2D eigenvalue weighted by atomic mass is 10.2. The Kier molecular flexibility index (Phi) is 4.30. The standard InChI is InChI=1S/C15H22N2O2/c1-11-10-13(6-7-14(11)19-3)16-12(2)15(18)17-8-4-5-9-17/h6-7,10,12,16H,4-5,8-9H2,1-3H3. The zero-order valence-corrected chi connectivity index (χ0v) is 11.9. The number of hydrogen-bond acceptors (Lipinski definition) is 3. The molecule has 1 heterocycles. The molecule has 1 unspecified atom stereocenters. The second-order valence-electron chi connectivity index (χ2n) is 5.08. The summed E-state index contributed by atoms with van der Waals surface area (Å²) in [5, 5.41) is 3.26. The number of ether oxygens (including phenoxy) is 1. The number of hydrogen-bond donors (Lipinski definition) is 1. The summed E-state index contributed by atoms with van der Waals surface area (Å²) in [6.45, 7) is 5.70. The van der Waals surface area contributed by atoms with Gasteiger partial charge >= 0.3 is 0 Å². The maximum absolute atomic E-state index is 12.2. The lowest BCUT2D eigenvalue weighted by molar-refractivity contribution is -0.130. The van der Waals surface area contributed by atoms with E-state index in [0.717, 1.165) is 42.9 Å². The number of amides is 1. The molecular formula is C15H22N2O2. The van der Waals surface area contributed by atoms with Gasteiger partial charge in [-0.25, -0.2) is 0 Å². The molecule has 2 rings (SSSR count). The third-order valence-corrected chi connectivity index (χ3v) is 3.57. The Balaban J connectivity index is 1.99. The quantitative estimate of drug-likeness (QED) is 0.906. The van der Waals surface area contributed by atoms with E-state index in [1.807, 2.05) is 36.9 Å². The molecule has 0 radical (unpaired) electrons. The van der Waals surface area contributed by atoms with Crippen molar-refractivity contribution in [2.75, 3.05) is 25.5 Å². The van der Waals surface area contributed by atoms with E-state index in [2.05, 4.69) is 5.32 Å². The van der Waals surface area contributed by atoms with Gasteiger partial charge in [-0.3, -0.25) is 4.79 Å². The van der Waals surface area contributed by atoms with Crippen molar-refractivity contribution in [1.29, 1.82) is 0 Å². The van der Waals surface area contributed by atoms with Crippen LogP contribution in [-0.2, 0) is 4.79 Å². The van der Waals surface area contributed by atoms with Crippen molar-refractivity contribution in [3.63, 3.8) is 0 Å². The van der Waals surface area contributed by atoms with E-state index < -0.39 is 0 Å². The molecule has 0 spiro atoms. The number of carbonyl (C=O) groups excluding carboxylic acids is 1. The molecule has 1 amide bonds. The van der Waals surface area contributed by atoms with Gasteiger partial charge in [-0.05, 0) is 50.5 Å². The summed E-state index contributed by atoms with van der Waals surface area (Å²) in [5.74, 6) is 1.05. The predicted octanol–water partition coefficient (Wildman–Crippen LogP) is 2.43. The molecule has 1 aliphatic rings. The molecule has 0 aromatic heterocycles. The summed E-state index contributed by atoms with van der Waals surface area (Å²) in [5.41, 5.74) is 2.02. The Hall–Kier alpha value is -1.71. The Bertz CT molecular complexity index is 453. The molecule has 4 nitrogen and oxygen atoms in total. The maximum Gasteiger partial charge on any atom is 0.244 e. The molecule has 1 saturated heterocycles. The first kappa shape index (κ1) is 13.7. The summed E-state index contributed by atoms with van der Waals surface area (Å²) in [4.78, 5) is 14.1. The van der Waals surface area contributed by atoms with E-state index in [1.54, 1.807) is 7.11 Å². The highest BCUT2D eigenvalue weighted by Gasteiger charge is 2.23. The Morgan fingerprint density at radius 2 is 2.05 bits per heavy atom. The molecule has 1 N–H and O–H groups in total. The van der Waals surface area contributed by atoms with Gasteiger partial charge in [0.25, 0.3) is 0 Å². The van der Waals surface area contributed by atoms with Gasteiger partial charge in [0.15, 0.2) is 0 Å². The predicted molar refractivity (Wildman–Crippen MR) is 76.6 cm³/mol. The van der Waals surface area contributed by atoms with E-state index in [4.69, 9.17) is 4.74 Å². The smallest absolute Gasteiger partial charge is 0.244 e. The molecule has 0 bridgehead atoms. The number of nitrogens with zero attached hydrogens (tertiary/aromatic N) is 1. The third-order valence-electron chi connectivity index (χ3n) is 3.57.